The molecule has 190 valence electrons. The normalized spacial score (nSPS) is 21.4. The van der Waals surface area contributed by atoms with Crippen molar-refractivity contribution in [1.29, 1.82) is 0 Å². The first-order chi connectivity index (χ1) is 17.5. The van der Waals surface area contributed by atoms with Crippen molar-refractivity contribution in [3.63, 3.8) is 0 Å². The third-order valence-electron chi connectivity index (χ3n) is 7.51. The van der Waals surface area contributed by atoms with Crippen LogP contribution in [0, 0.1) is 29.2 Å². The predicted octanol–water partition coefficient (Wildman–Crippen LogP) is 8.63. The summed E-state index contributed by atoms with van der Waals surface area (Å²) in [6.45, 7) is 2.60. The highest BCUT2D eigenvalue weighted by Crippen LogP contribution is 2.40. The maximum Gasteiger partial charge on any atom is 0.200 e. The second kappa shape index (κ2) is 10.6. The van der Waals surface area contributed by atoms with E-state index in [1.165, 1.54) is 18.6 Å². The fraction of sp³-hybridized carbons (Fsp3) is 0.400. The Hall–Kier alpha value is -2.86. The van der Waals surface area contributed by atoms with Gasteiger partial charge in [-0.15, -0.1) is 0 Å². The van der Waals surface area contributed by atoms with Gasteiger partial charge in [0.15, 0.2) is 23.2 Å². The predicted molar refractivity (Wildman–Crippen MR) is 131 cm³/mol. The van der Waals surface area contributed by atoms with Crippen LogP contribution in [0.2, 0.25) is 0 Å². The van der Waals surface area contributed by atoms with Gasteiger partial charge in [-0.05, 0) is 60.3 Å². The van der Waals surface area contributed by atoms with Gasteiger partial charge < -0.3 is 9.47 Å². The van der Waals surface area contributed by atoms with Crippen LogP contribution in [0.5, 0.6) is 5.75 Å². The van der Waals surface area contributed by atoms with Gasteiger partial charge in [0, 0.05) is 11.1 Å². The first-order valence-electron chi connectivity index (χ1n) is 12.8. The van der Waals surface area contributed by atoms with Crippen LogP contribution in [0.1, 0.15) is 74.2 Å². The molecule has 0 N–H and O–H groups in total. The van der Waals surface area contributed by atoms with Gasteiger partial charge in [0.25, 0.3) is 0 Å². The van der Waals surface area contributed by atoms with E-state index < -0.39 is 23.3 Å². The zero-order chi connectivity index (χ0) is 25.2. The number of hydrogen-bond acceptors (Lipinski definition) is 2. The molecule has 1 unspecified atom stereocenters. The van der Waals surface area contributed by atoms with Crippen LogP contribution in [0.4, 0.5) is 17.6 Å². The Morgan fingerprint density at radius 1 is 0.778 bits per heavy atom. The fourth-order valence-electron chi connectivity index (χ4n) is 5.35. The molecule has 0 spiro atoms. The summed E-state index contributed by atoms with van der Waals surface area (Å²) in [5.74, 6) is -2.98. The van der Waals surface area contributed by atoms with E-state index in [4.69, 9.17) is 9.47 Å². The fourth-order valence-corrected chi connectivity index (χ4v) is 5.35. The van der Waals surface area contributed by atoms with Crippen molar-refractivity contribution in [1.82, 2.24) is 0 Å². The number of hydrogen-bond donors (Lipinski definition) is 0. The monoisotopic (exact) mass is 498 g/mol. The van der Waals surface area contributed by atoms with E-state index in [1.807, 2.05) is 0 Å². The molecule has 0 bridgehead atoms. The molecule has 1 saturated heterocycles. The van der Waals surface area contributed by atoms with Crippen molar-refractivity contribution in [2.24, 2.45) is 5.92 Å². The van der Waals surface area contributed by atoms with E-state index in [2.05, 4.69) is 6.92 Å². The van der Waals surface area contributed by atoms with Crippen LogP contribution in [-0.2, 0) is 11.3 Å². The molecule has 0 aromatic heterocycles. The second-order valence-electron chi connectivity index (χ2n) is 9.93. The summed E-state index contributed by atoms with van der Waals surface area (Å²) in [5.41, 5.74) is 2.02. The van der Waals surface area contributed by atoms with E-state index in [0.717, 1.165) is 32.1 Å². The summed E-state index contributed by atoms with van der Waals surface area (Å²) >= 11 is 0. The number of ether oxygens (including phenoxy) is 2. The summed E-state index contributed by atoms with van der Waals surface area (Å²) in [4.78, 5) is 0. The van der Waals surface area contributed by atoms with E-state index >= 15 is 0 Å². The highest BCUT2D eigenvalue weighted by molar-refractivity contribution is 5.65. The van der Waals surface area contributed by atoms with Gasteiger partial charge in [-0.1, -0.05) is 62.2 Å². The zero-order valence-electron chi connectivity index (χ0n) is 20.3. The van der Waals surface area contributed by atoms with Crippen molar-refractivity contribution < 1.29 is 27.0 Å². The summed E-state index contributed by atoms with van der Waals surface area (Å²) in [6.07, 6.45) is 5.88. The van der Waals surface area contributed by atoms with Gasteiger partial charge in [-0.2, -0.15) is 4.39 Å². The molecule has 1 saturated carbocycles. The largest absolute Gasteiger partial charge is 0.486 e. The lowest BCUT2D eigenvalue weighted by molar-refractivity contribution is 0.279. The number of benzene rings is 3. The molecule has 1 heterocycles. The second-order valence-corrected chi connectivity index (χ2v) is 9.93. The van der Waals surface area contributed by atoms with Crippen molar-refractivity contribution in [3.8, 4) is 16.9 Å². The lowest BCUT2D eigenvalue weighted by atomic mass is 9.77. The Bertz CT molecular complexity index is 1210. The molecule has 3 aromatic rings. The molecule has 2 nitrogen and oxygen atoms in total. The van der Waals surface area contributed by atoms with Gasteiger partial charge in [0.2, 0.25) is 5.82 Å². The Morgan fingerprint density at radius 2 is 1.44 bits per heavy atom. The minimum atomic E-state index is -0.961. The molecule has 1 atom stereocenters. The zero-order valence-corrected chi connectivity index (χ0v) is 20.3. The van der Waals surface area contributed by atoms with Gasteiger partial charge in [-0.25, -0.2) is 13.2 Å². The van der Waals surface area contributed by atoms with Crippen molar-refractivity contribution in [2.75, 3.05) is 6.61 Å². The minimum Gasteiger partial charge on any atom is -0.486 e. The lowest BCUT2D eigenvalue weighted by Gasteiger charge is -2.29. The average molecular weight is 499 g/mol. The quantitative estimate of drug-likeness (QED) is 0.229. The Balaban J connectivity index is 1.23. The summed E-state index contributed by atoms with van der Waals surface area (Å²) in [7, 11) is 0. The smallest absolute Gasteiger partial charge is 0.200 e. The van der Waals surface area contributed by atoms with Crippen LogP contribution in [0.3, 0.4) is 0 Å². The summed E-state index contributed by atoms with van der Waals surface area (Å²) in [5, 5.41) is 0. The van der Waals surface area contributed by atoms with Crippen LogP contribution < -0.4 is 4.74 Å². The summed E-state index contributed by atoms with van der Waals surface area (Å²) < 4.78 is 69.2. The third-order valence-corrected chi connectivity index (χ3v) is 7.51. The molecule has 1 aliphatic heterocycles. The van der Waals surface area contributed by atoms with Crippen LogP contribution in [0.15, 0.2) is 48.5 Å². The first-order valence-corrected chi connectivity index (χ1v) is 12.8. The SMILES string of the molecule is CCCC1CCC(c2ccc(OCc3ccc(-c4ccc(C5CO5)c(F)c4F)cc3)c(F)c2F)CC1. The van der Waals surface area contributed by atoms with E-state index in [0.29, 0.717) is 29.2 Å². The van der Waals surface area contributed by atoms with Crippen LogP contribution >= 0.6 is 0 Å². The average Bonchev–Trinajstić information content (AvgIpc) is 3.73. The summed E-state index contributed by atoms with van der Waals surface area (Å²) in [6, 6.07) is 12.9. The van der Waals surface area contributed by atoms with Crippen molar-refractivity contribution >= 4 is 0 Å². The van der Waals surface area contributed by atoms with Crippen molar-refractivity contribution in [2.45, 2.75) is 64.1 Å². The topological polar surface area (TPSA) is 21.8 Å². The van der Waals surface area contributed by atoms with E-state index in [-0.39, 0.29) is 35.5 Å². The lowest BCUT2D eigenvalue weighted by Crippen LogP contribution is -2.15. The van der Waals surface area contributed by atoms with Crippen molar-refractivity contribution in [3.05, 3.63) is 88.5 Å². The highest BCUT2D eigenvalue weighted by atomic mass is 19.2. The molecule has 6 heteroatoms. The maximum atomic E-state index is 14.9. The molecule has 1 aliphatic carbocycles. The molecule has 2 aliphatic rings. The standard InChI is InChI=1S/C30H30F4O2/c1-2-3-18-4-8-20(9-5-18)23-14-15-25(30(34)28(23)32)35-16-19-6-10-21(11-7-19)22-12-13-24(26-17-36-26)29(33)27(22)31/h6-7,10-15,18,20,26H,2-5,8-9,16-17H2,1H3. The molecule has 0 amide bonds. The number of epoxide rings is 1. The molecular formula is C30H30F4O2. The highest BCUT2D eigenvalue weighted by Gasteiger charge is 2.30. The molecule has 36 heavy (non-hydrogen) atoms. The van der Waals surface area contributed by atoms with E-state index in [9.17, 15) is 17.6 Å². The molecule has 2 fully saturated rings. The van der Waals surface area contributed by atoms with Gasteiger partial charge in [0.1, 0.15) is 12.7 Å². The molecule has 0 radical (unpaired) electrons. The first kappa shape index (κ1) is 24.8. The number of halogens is 4. The Kier molecular flexibility index (Phi) is 7.33. The van der Waals surface area contributed by atoms with E-state index in [1.54, 1.807) is 36.4 Å². The van der Waals surface area contributed by atoms with Gasteiger partial charge in [-0.3, -0.25) is 0 Å². The Labute approximate surface area is 209 Å². The minimum absolute atomic E-state index is 0.0207. The Morgan fingerprint density at radius 3 is 2.11 bits per heavy atom. The molecule has 5 rings (SSSR count). The van der Waals surface area contributed by atoms with Gasteiger partial charge >= 0.3 is 0 Å². The van der Waals surface area contributed by atoms with Gasteiger partial charge in [0.05, 0.1) is 6.61 Å². The van der Waals surface area contributed by atoms with Crippen LogP contribution in [0.25, 0.3) is 11.1 Å². The maximum absolute atomic E-state index is 14.9. The third kappa shape index (κ3) is 5.15. The van der Waals surface area contributed by atoms with Crippen LogP contribution in [-0.4, -0.2) is 6.61 Å². The molecule has 3 aromatic carbocycles. The molecular weight excluding hydrogens is 468 g/mol. The number of rotatable bonds is 8.